The van der Waals surface area contributed by atoms with Crippen LogP contribution in [0.3, 0.4) is 0 Å². The van der Waals surface area contributed by atoms with Crippen LogP contribution in [0.25, 0.3) is 0 Å². The molecule has 0 fully saturated rings. The molecule has 16 heavy (non-hydrogen) atoms. The minimum atomic E-state index is -4.84. The van der Waals surface area contributed by atoms with Gasteiger partial charge in [-0.3, -0.25) is 0 Å². The number of rotatable bonds is 3. The zero-order valence-corrected chi connectivity index (χ0v) is 7.96. The van der Waals surface area contributed by atoms with E-state index in [1.165, 1.54) is 0 Å². The fraction of sp³-hybridized carbons (Fsp3) is 0.333. The topological polar surface area (TPSA) is 55.5 Å². The van der Waals surface area contributed by atoms with Gasteiger partial charge in [-0.2, -0.15) is 0 Å². The fourth-order valence-corrected chi connectivity index (χ4v) is 1.11. The first-order valence-corrected chi connectivity index (χ1v) is 4.23. The van der Waals surface area contributed by atoms with E-state index in [-0.39, 0.29) is 11.3 Å². The summed E-state index contributed by atoms with van der Waals surface area (Å²) in [5.74, 6) is -0.927. The Hall–Kier alpha value is -1.50. The van der Waals surface area contributed by atoms with Gasteiger partial charge in [-0.15, -0.1) is 13.2 Å². The van der Waals surface area contributed by atoms with Gasteiger partial charge in [0.2, 0.25) is 0 Å². The zero-order chi connectivity index (χ0) is 12.3. The molecule has 1 aromatic rings. The standard InChI is InChI=1S/C9H9F4NO2/c10-4-7(14)6-3-5(1-2-8(6)15)16-9(11,12)13/h1-3,7,15H,4,14H2/t7-/m0/s1. The SMILES string of the molecule is N[C@@H](CF)c1cc(OC(F)(F)F)ccc1O. The Bertz CT molecular complexity index is 367. The third kappa shape index (κ3) is 3.27. The van der Waals surface area contributed by atoms with Gasteiger partial charge >= 0.3 is 6.36 Å². The molecule has 7 heteroatoms. The Morgan fingerprint density at radius 2 is 2.00 bits per heavy atom. The van der Waals surface area contributed by atoms with E-state index in [4.69, 9.17) is 5.73 Å². The molecule has 1 rings (SSSR count). The number of halogens is 4. The lowest BCUT2D eigenvalue weighted by molar-refractivity contribution is -0.274. The molecule has 0 bridgehead atoms. The Morgan fingerprint density at radius 1 is 1.38 bits per heavy atom. The third-order valence-corrected chi connectivity index (χ3v) is 1.80. The molecule has 3 nitrogen and oxygen atoms in total. The molecule has 90 valence electrons. The number of ether oxygens (including phenoxy) is 1. The van der Waals surface area contributed by atoms with Crippen molar-refractivity contribution >= 4 is 0 Å². The summed E-state index contributed by atoms with van der Waals surface area (Å²) in [6.45, 7) is -0.997. The highest BCUT2D eigenvalue weighted by Crippen LogP contribution is 2.30. The lowest BCUT2D eigenvalue weighted by Crippen LogP contribution is -2.18. The molecule has 0 aliphatic rings. The maximum absolute atomic E-state index is 12.2. The first-order chi connectivity index (χ1) is 7.33. The maximum atomic E-state index is 12.2. The summed E-state index contributed by atoms with van der Waals surface area (Å²) < 4.78 is 51.4. The summed E-state index contributed by atoms with van der Waals surface area (Å²) in [6, 6.07) is 1.55. The summed E-state index contributed by atoms with van der Waals surface area (Å²) in [4.78, 5) is 0. The van der Waals surface area contributed by atoms with Crippen LogP contribution in [0.4, 0.5) is 17.6 Å². The molecule has 3 N–H and O–H groups in total. The molecule has 1 aromatic carbocycles. The van der Waals surface area contributed by atoms with Gasteiger partial charge in [-0.25, -0.2) is 4.39 Å². The summed E-state index contributed by atoms with van der Waals surface area (Å²) in [7, 11) is 0. The summed E-state index contributed by atoms with van der Waals surface area (Å²) >= 11 is 0. The summed E-state index contributed by atoms with van der Waals surface area (Å²) in [5, 5.41) is 9.25. The second-order valence-corrected chi connectivity index (χ2v) is 3.03. The molecule has 0 radical (unpaired) electrons. The number of alkyl halides is 4. The predicted molar refractivity (Wildman–Crippen MR) is 47.7 cm³/mol. The van der Waals surface area contributed by atoms with E-state index < -0.39 is 24.8 Å². The van der Waals surface area contributed by atoms with Crippen molar-refractivity contribution in [2.24, 2.45) is 5.73 Å². The van der Waals surface area contributed by atoms with Crippen LogP contribution in [0.5, 0.6) is 11.5 Å². The van der Waals surface area contributed by atoms with Crippen molar-refractivity contribution < 1.29 is 27.4 Å². The number of aromatic hydroxyl groups is 1. The van der Waals surface area contributed by atoms with Crippen LogP contribution in [-0.2, 0) is 0 Å². The second-order valence-electron chi connectivity index (χ2n) is 3.03. The molecule has 0 saturated carbocycles. The number of phenols is 1. The summed E-state index contributed by atoms with van der Waals surface area (Å²) in [6.07, 6.45) is -4.84. The zero-order valence-electron chi connectivity index (χ0n) is 7.96. The fourth-order valence-electron chi connectivity index (χ4n) is 1.11. The number of phenolic OH excluding ortho intramolecular Hbond substituents is 1. The smallest absolute Gasteiger partial charge is 0.508 e. The largest absolute Gasteiger partial charge is 0.573 e. The molecule has 0 amide bonds. The highest BCUT2D eigenvalue weighted by molar-refractivity contribution is 5.41. The van der Waals surface area contributed by atoms with Gasteiger partial charge in [0.25, 0.3) is 0 Å². The van der Waals surface area contributed by atoms with Crippen LogP contribution < -0.4 is 10.5 Å². The van der Waals surface area contributed by atoms with E-state index in [0.717, 1.165) is 18.2 Å². The Labute approximate surface area is 88.4 Å². The maximum Gasteiger partial charge on any atom is 0.573 e. The van der Waals surface area contributed by atoms with Crippen LogP contribution in [0, 0.1) is 0 Å². The third-order valence-electron chi connectivity index (χ3n) is 1.80. The minimum Gasteiger partial charge on any atom is -0.508 e. The van der Waals surface area contributed by atoms with Crippen molar-refractivity contribution in [3.05, 3.63) is 23.8 Å². The lowest BCUT2D eigenvalue weighted by Gasteiger charge is -2.13. The van der Waals surface area contributed by atoms with E-state index >= 15 is 0 Å². The van der Waals surface area contributed by atoms with Gasteiger partial charge in [0, 0.05) is 5.56 Å². The minimum absolute atomic E-state index is 0.135. The van der Waals surface area contributed by atoms with Crippen molar-refractivity contribution in [1.29, 1.82) is 0 Å². The van der Waals surface area contributed by atoms with Crippen molar-refractivity contribution in [2.75, 3.05) is 6.67 Å². The van der Waals surface area contributed by atoms with E-state index in [1.807, 2.05) is 0 Å². The number of hydrogen-bond acceptors (Lipinski definition) is 3. The van der Waals surface area contributed by atoms with Crippen molar-refractivity contribution in [1.82, 2.24) is 0 Å². The average molecular weight is 239 g/mol. The van der Waals surface area contributed by atoms with Crippen LogP contribution in [0.15, 0.2) is 18.2 Å². The van der Waals surface area contributed by atoms with Gasteiger partial charge in [-0.05, 0) is 18.2 Å². The van der Waals surface area contributed by atoms with Crippen LogP contribution in [-0.4, -0.2) is 18.1 Å². The number of benzene rings is 1. The van der Waals surface area contributed by atoms with Crippen LogP contribution in [0.2, 0.25) is 0 Å². The van der Waals surface area contributed by atoms with Gasteiger partial charge in [0.05, 0.1) is 6.04 Å². The van der Waals surface area contributed by atoms with Gasteiger partial charge in [0.15, 0.2) is 0 Å². The summed E-state index contributed by atoms with van der Waals surface area (Å²) in [5.41, 5.74) is 5.12. The van der Waals surface area contributed by atoms with Gasteiger partial charge < -0.3 is 15.6 Å². The molecule has 0 unspecified atom stereocenters. The lowest BCUT2D eigenvalue weighted by atomic mass is 10.1. The second kappa shape index (κ2) is 4.56. The molecular formula is C9H9F4NO2. The molecule has 0 aliphatic heterocycles. The number of hydrogen-bond donors (Lipinski definition) is 2. The molecule has 1 atom stereocenters. The Kier molecular flexibility index (Phi) is 3.58. The predicted octanol–water partition coefficient (Wildman–Crippen LogP) is 2.26. The van der Waals surface area contributed by atoms with Crippen molar-refractivity contribution in [3.8, 4) is 11.5 Å². The van der Waals surface area contributed by atoms with Gasteiger partial charge in [-0.1, -0.05) is 0 Å². The molecule has 0 aromatic heterocycles. The van der Waals surface area contributed by atoms with Crippen molar-refractivity contribution in [2.45, 2.75) is 12.4 Å². The highest BCUT2D eigenvalue weighted by Gasteiger charge is 2.31. The van der Waals surface area contributed by atoms with Gasteiger partial charge in [0.1, 0.15) is 18.2 Å². The molecule has 0 heterocycles. The first-order valence-electron chi connectivity index (χ1n) is 4.23. The monoisotopic (exact) mass is 239 g/mol. The van der Waals surface area contributed by atoms with Crippen LogP contribution in [0.1, 0.15) is 11.6 Å². The van der Waals surface area contributed by atoms with E-state index in [9.17, 15) is 22.7 Å². The molecule has 0 saturated heterocycles. The van der Waals surface area contributed by atoms with E-state index in [2.05, 4.69) is 4.74 Å². The highest BCUT2D eigenvalue weighted by atomic mass is 19.4. The Balaban J connectivity index is 2.98. The van der Waals surface area contributed by atoms with E-state index in [1.54, 1.807) is 0 Å². The normalized spacial score (nSPS) is 13.6. The number of nitrogens with two attached hydrogens (primary N) is 1. The quantitative estimate of drug-likeness (QED) is 0.795. The van der Waals surface area contributed by atoms with Crippen LogP contribution >= 0.6 is 0 Å². The molecule has 0 aliphatic carbocycles. The van der Waals surface area contributed by atoms with Crippen molar-refractivity contribution in [3.63, 3.8) is 0 Å². The average Bonchev–Trinajstić information content (AvgIpc) is 2.18. The Morgan fingerprint density at radius 3 is 2.50 bits per heavy atom. The van der Waals surface area contributed by atoms with E-state index in [0.29, 0.717) is 0 Å². The molecule has 0 spiro atoms. The first kappa shape index (κ1) is 12.6. The molecular weight excluding hydrogens is 230 g/mol.